The lowest BCUT2D eigenvalue weighted by Gasteiger charge is -2.01. The number of nitrogens with zero attached hydrogens (tertiary/aromatic N) is 2. The largest absolute Gasteiger partial charge is 0.337 e. The van der Waals surface area contributed by atoms with E-state index in [1.807, 2.05) is 17.5 Å². The fourth-order valence-electron chi connectivity index (χ4n) is 1.75. The van der Waals surface area contributed by atoms with Gasteiger partial charge in [0.25, 0.3) is 0 Å². The SMILES string of the molecule is NC(c1nc(-c2cc(Cl)cc(Cl)c2)no1)c1cccs1. The lowest BCUT2D eigenvalue weighted by atomic mass is 10.2. The lowest BCUT2D eigenvalue weighted by Crippen LogP contribution is -2.10. The topological polar surface area (TPSA) is 64.9 Å². The first kappa shape index (κ1) is 13.6. The van der Waals surface area contributed by atoms with Crippen LogP contribution in [0.1, 0.15) is 16.8 Å². The fourth-order valence-corrected chi connectivity index (χ4v) is 3.00. The summed E-state index contributed by atoms with van der Waals surface area (Å²) in [5, 5.41) is 6.90. The van der Waals surface area contributed by atoms with Gasteiger partial charge >= 0.3 is 0 Å². The van der Waals surface area contributed by atoms with Gasteiger partial charge in [-0.05, 0) is 29.6 Å². The van der Waals surface area contributed by atoms with E-state index in [0.29, 0.717) is 27.3 Å². The number of hydrogen-bond donors (Lipinski definition) is 1. The molecule has 2 aromatic heterocycles. The third-order valence-electron chi connectivity index (χ3n) is 2.68. The molecule has 0 fully saturated rings. The van der Waals surface area contributed by atoms with Gasteiger partial charge in [0.2, 0.25) is 11.7 Å². The molecule has 7 heteroatoms. The molecule has 0 aliphatic heterocycles. The smallest absolute Gasteiger partial charge is 0.249 e. The monoisotopic (exact) mass is 325 g/mol. The number of rotatable bonds is 3. The number of benzene rings is 1. The lowest BCUT2D eigenvalue weighted by molar-refractivity contribution is 0.368. The van der Waals surface area contributed by atoms with Crippen molar-refractivity contribution in [2.24, 2.45) is 5.73 Å². The second kappa shape index (κ2) is 5.54. The van der Waals surface area contributed by atoms with Crippen LogP contribution in [-0.2, 0) is 0 Å². The van der Waals surface area contributed by atoms with Gasteiger partial charge in [-0.15, -0.1) is 11.3 Å². The maximum atomic E-state index is 6.07. The van der Waals surface area contributed by atoms with Crippen LogP contribution in [0, 0.1) is 0 Å². The number of thiophene rings is 1. The summed E-state index contributed by atoms with van der Waals surface area (Å²) in [6, 6.07) is 8.51. The third kappa shape index (κ3) is 2.71. The van der Waals surface area contributed by atoms with Gasteiger partial charge in [-0.3, -0.25) is 0 Å². The molecule has 0 spiro atoms. The number of halogens is 2. The molecule has 0 amide bonds. The Kier molecular flexibility index (Phi) is 3.76. The van der Waals surface area contributed by atoms with Crippen molar-refractivity contribution < 1.29 is 4.52 Å². The van der Waals surface area contributed by atoms with E-state index in [1.54, 1.807) is 29.5 Å². The first-order valence-corrected chi connectivity index (χ1v) is 7.36. The molecule has 1 aromatic carbocycles. The number of nitrogens with two attached hydrogens (primary N) is 1. The number of aromatic nitrogens is 2. The minimum atomic E-state index is -0.425. The Morgan fingerprint density at radius 2 is 1.95 bits per heavy atom. The molecule has 3 aromatic rings. The van der Waals surface area contributed by atoms with Gasteiger partial charge in [0.1, 0.15) is 6.04 Å². The highest BCUT2D eigenvalue weighted by Crippen LogP contribution is 2.28. The summed E-state index contributed by atoms with van der Waals surface area (Å²) in [6.45, 7) is 0. The molecular weight excluding hydrogens is 317 g/mol. The van der Waals surface area contributed by atoms with E-state index in [-0.39, 0.29) is 0 Å². The Morgan fingerprint density at radius 3 is 2.60 bits per heavy atom. The van der Waals surface area contributed by atoms with Gasteiger partial charge in [0.05, 0.1) is 0 Å². The van der Waals surface area contributed by atoms with Crippen molar-refractivity contribution in [3.05, 3.63) is 56.5 Å². The highest BCUT2D eigenvalue weighted by atomic mass is 35.5. The van der Waals surface area contributed by atoms with Crippen LogP contribution in [0.2, 0.25) is 10.0 Å². The highest BCUT2D eigenvalue weighted by Gasteiger charge is 2.18. The van der Waals surface area contributed by atoms with E-state index < -0.39 is 6.04 Å². The van der Waals surface area contributed by atoms with Crippen LogP contribution in [0.25, 0.3) is 11.4 Å². The average Bonchev–Trinajstić information content (AvgIpc) is 3.09. The van der Waals surface area contributed by atoms with E-state index in [0.717, 1.165) is 4.88 Å². The van der Waals surface area contributed by atoms with E-state index in [9.17, 15) is 0 Å². The van der Waals surface area contributed by atoms with Crippen molar-refractivity contribution in [3.63, 3.8) is 0 Å². The summed E-state index contributed by atoms with van der Waals surface area (Å²) >= 11 is 13.5. The van der Waals surface area contributed by atoms with Crippen LogP contribution in [0.15, 0.2) is 40.2 Å². The summed E-state index contributed by atoms with van der Waals surface area (Å²) < 4.78 is 5.22. The molecule has 0 radical (unpaired) electrons. The van der Waals surface area contributed by atoms with Crippen LogP contribution in [0.3, 0.4) is 0 Å². The molecule has 0 saturated heterocycles. The van der Waals surface area contributed by atoms with Gasteiger partial charge in [-0.25, -0.2) is 0 Å². The van der Waals surface area contributed by atoms with Gasteiger partial charge in [-0.1, -0.05) is 34.4 Å². The molecule has 2 heterocycles. The van der Waals surface area contributed by atoms with Crippen molar-refractivity contribution in [1.29, 1.82) is 0 Å². The van der Waals surface area contributed by atoms with Gasteiger partial charge in [-0.2, -0.15) is 4.98 Å². The zero-order valence-corrected chi connectivity index (χ0v) is 12.4. The third-order valence-corrected chi connectivity index (χ3v) is 4.07. The molecule has 0 saturated carbocycles. The van der Waals surface area contributed by atoms with Crippen LogP contribution >= 0.6 is 34.5 Å². The van der Waals surface area contributed by atoms with E-state index in [2.05, 4.69) is 10.1 Å². The molecule has 0 bridgehead atoms. The van der Waals surface area contributed by atoms with Gasteiger partial charge in [0.15, 0.2) is 0 Å². The predicted octanol–water partition coefficient (Wildman–Crippen LogP) is 4.15. The summed E-state index contributed by atoms with van der Waals surface area (Å²) in [4.78, 5) is 5.27. The zero-order valence-electron chi connectivity index (χ0n) is 10.1. The van der Waals surface area contributed by atoms with Crippen LogP contribution in [0.4, 0.5) is 0 Å². The second-order valence-corrected chi connectivity index (χ2v) is 5.96. The van der Waals surface area contributed by atoms with E-state index in [1.165, 1.54) is 0 Å². The first-order chi connectivity index (χ1) is 9.63. The van der Waals surface area contributed by atoms with Crippen LogP contribution in [0.5, 0.6) is 0 Å². The Labute approximate surface area is 129 Å². The number of hydrogen-bond acceptors (Lipinski definition) is 5. The first-order valence-electron chi connectivity index (χ1n) is 5.72. The summed E-state index contributed by atoms with van der Waals surface area (Å²) in [6.07, 6.45) is 0. The molecule has 0 aliphatic rings. The average molecular weight is 326 g/mol. The minimum Gasteiger partial charge on any atom is -0.337 e. The molecule has 0 aliphatic carbocycles. The van der Waals surface area contributed by atoms with Crippen molar-refractivity contribution in [1.82, 2.24) is 10.1 Å². The maximum absolute atomic E-state index is 6.07. The Morgan fingerprint density at radius 1 is 1.20 bits per heavy atom. The van der Waals surface area contributed by atoms with Gasteiger partial charge < -0.3 is 10.3 Å². The Bertz CT molecular complexity index is 707. The quantitative estimate of drug-likeness (QED) is 0.785. The van der Waals surface area contributed by atoms with Crippen molar-refractivity contribution in [3.8, 4) is 11.4 Å². The van der Waals surface area contributed by atoms with Crippen molar-refractivity contribution in [2.45, 2.75) is 6.04 Å². The normalized spacial score (nSPS) is 12.6. The molecule has 2 N–H and O–H groups in total. The molecule has 1 atom stereocenters. The Balaban J connectivity index is 1.94. The maximum Gasteiger partial charge on any atom is 0.249 e. The standard InChI is InChI=1S/C13H9Cl2N3OS/c14-8-4-7(5-9(15)6-8)12-17-13(19-18-12)11(16)10-2-1-3-20-10/h1-6,11H,16H2. The van der Waals surface area contributed by atoms with Crippen LogP contribution in [-0.4, -0.2) is 10.1 Å². The second-order valence-electron chi connectivity index (χ2n) is 4.11. The van der Waals surface area contributed by atoms with Crippen molar-refractivity contribution in [2.75, 3.05) is 0 Å². The van der Waals surface area contributed by atoms with Crippen molar-refractivity contribution >= 4 is 34.5 Å². The molecule has 4 nitrogen and oxygen atoms in total. The molecule has 3 rings (SSSR count). The highest BCUT2D eigenvalue weighted by molar-refractivity contribution is 7.10. The summed E-state index contributed by atoms with van der Waals surface area (Å²) in [7, 11) is 0. The summed E-state index contributed by atoms with van der Waals surface area (Å²) in [5.41, 5.74) is 6.76. The minimum absolute atomic E-state index is 0.360. The van der Waals surface area contributed by atoms with Gasteiger partial charge in [0, 0.05) is 20.5 Å². The zero-order chi connectivity index (χ0) is 14.1. The Hall–Kier alpha value is -1.40. The fraction of sp³-hybridized carbons (Fsp3) is 0.0769. The van der Waals surface area contributed by atoms with E-state index in [4.69, 9.17) is 33.5 Å². The molecule has 102 valence electrons. The summed E-state index contributed by atoms with van der Waals surface area (Å²) in [5.74, 6) is 0.773. The predicted molar refractivity (Wildman–Crippen MR) is 80.1 cm³/mol. The van der Waals surface area contributed by atoms with Crippen LogP contribution < -0.4 is 5.73 Å². The molecular formula is C13H9Cl2N3OS. The molecule has 20 heavy (non-hydrogen) atoms. The molecule has 1 unspecified atom stereocenters. The van der Waals surface area contributed by atoms with E-state index >= 15 is 0 Å².